The first-order chi connectivity index (χ1) is 5.66. The van der Waals surface area contributed by atoms with Crippen molar-refractivity contribution in [2.45, 2.75) is 19.9 Å². The van der Waals surface area contributed by atoms with Crippen LogP contribution in [-0.4, -0.2) is 22.0 Å². The Morgan fingerprint density at radius 1 is 1.67 bits per heavy atom. The van der Waals surface area contributed by atoms with Gasteiger partial charge < -0.3 is 0 Å². The lowest BCUT2D eigenvalue weighted by molar-refractivity contribution is 0.529. The lowest BCUT2D eigenvalue weighted by Crippen LogP contribution is -2.09. The topological polar surface area (TPSA) is 30.2 Å². The van der Waals surface area contributed by atoms with Gasteiger partial charge >= 0.3 is 0 Å². The molecule has 0 saturated carbocycles. The van der Waals surface area contributed by atoms with Crippen molar-refractivity contribution in [1.29, 1.82) is 0 Å². The Kier molecular flexibility index (Phi) is 2.87. The maximum atomic E-state index is 5.87. The van der Waals surface area contributed by atoms with E-state index in [2.05, 4.69) is 23.9 Å². The number of hydrogen-bond donors (Lipinski definition) is 0. The number of halogens is 1. The van der Waals surface area contributed by atoms with E-state index in [9.17, 15) is 0 Å². The Morgan fingerprint density at radius 2 is 2.33 bits per heavy atom. The Labute approximate surface area is 77.1 Å². The van der Waals surface area contributed by atoms with Gasteiger partial charge in [-0.1, -0.05) is 11.6 Å². The standard InChI is InChI=1S/C8H12ClN3/c1-6(2)12-7(4-5-11-12)8(9)10-3/h4-6H,1-3H3. The molecule has 1 rings (SSSR count). The quantitative estimate of drug-likeness (QED) is 0.649. The van der Waals surface area contributed by atoms with Crippen LogP contribution < -0.4 is 0 Å². The molecule has 1 aromatic heterocycles. The van der Waals surface area contributed by atoms with E-state index >= 15 is 0 Å². The summed E-state index contributed by atoms with van der Waals surface area (Å²) in [6.07, 6.45) is 1.73. The summed E-state index contributed by atoms with van der Waals surface area (Å²) < 4.78 is 1.84. The lowest BCUT2D eigenvalue weighted by Gasteiger charge is -2.08. The number of aliphatic imine (C=N–C) groups is 1. The highest BCUT2D eigenvalue weighted by Crippen LogP contribution is 2.10. The van der Waals surface area contributed by atoms with Gasteiger partial charge in [-0.25, -0.2) is 0 Å². The first-order valence-electron chi connectivity index (χ1n) is 3.83. The van der Waals surface area contributed by atoms with Gasteiger partial charge in [-0.15, -0.1) is 0 Å². The van der Waals surface area contributed by atoms with E-state index in [1.165, 1.54) is 0 Å². The average molecular weight is 186 g/mol. The van der Waals surface area contributed by atoms with Crippen LogP contribution in [0.2, 0.25) is 0 Å². The van der Waals surface area contributed by atoms with Crippen molar-refractivity contribution in [2.75, 3.05) is 7.05 Å². The summed E-state index contributed by atoms with van der Waals surface area (Å²) in [5.41, 5.74) is 0.870. The highest BCUT2D eigenvalue weighted by atomic mass is 35.5. The summed E-state index contributed by atoms with van der Waals surface area (Å²) in [5.74, 6) is 0. The van der Waals surface area contributed by atoms with Crippen LogP contribution in [0.1, 0.15) is 25.6 Å². The predicted molar refractivity (Wildman–Crippen MR) is 50.9 cm³/mol. The van der Waals surface area contributed by atoms with Crippen molar-refractivity contribution < 1.29 is 0 Å². The molecule has 0 saturated heterocycles. The van der Waals surface area contributed by atoms with Crippen LogP contribution in [0, 0.1) is 0 Å². The van der Waals surface area contributed by atoms with E-state index in [4.69, 9.17) is 11.6 Å². The first-order valence-corrected chi connectivity index (χ1v) is 4.20. The van der Waals surface area contributed by atoms with Crippen LogP contribution >= 0.6 is 11.6 Å². The van der Waals surface area contributed by atoms with Crippen molar-refractivity contribution in [3.05, 3.63) is 18.0 Å². The van der Waals surface area contributed by atoms with Crippen molar-refractivity contribution in [2.24, 2.45) is 4.99 Å². The van der Waals surface area contributed by atoms with Gasteiger partial charge in [0.25, 0.3) is 0 Å². The third-order valence-electron chi connectivity index (χ3n) is 1.57. The molecule has 1 heterocycles. The van der Waals surface area contributed by atoms with Gasteiger partial charge in [-0.3, -0.25) is 9.67 Å². The molecule has 0 aromatic carbocycles. The smallest absolute Gasteiger partial charge is 0.148 e. The van der Waals surface area contributed by atoms with Gasteiger partial charge in [-0.2, -0.15) is 5.10 Å². The van der Waals surface area contributed by atoms with E-state index in [0.29, 0.717) is 11.2 Å². The van der Waals surface area contributed by atoms with E-state index in [-0.39, 0.29) is 0 Å². The molecule has 3 nitrogen and oxygen atoms in total. The Hall–Kier alpha value is -0.830. The van der Waals surface area contributed by atoms with Crippen LogP contribution in [-0.2, 0) is 0 Å². The SMILES string of the molecule is CN=C(Cl)c1ccnn1C(C)C. The molecule has 12 heavy (non-hydrogen) atoms. The maximum Gasteiger partial charge on any atom is 0.148 e. The summed E-state index contributed by atoms with van der Waals surface area (Å²) in [4.78, 5) is 3.90. The fraction of sp³-hybridized carbons (Fsp3) is 0.500. The summed E-state index contributed by atoms with van der Waals surface area (Å²) in [7, 11) is 1.67. The molecule has 0 unspecified atom stereocenters. The Bertz CT molecular complexity index is 288. The summed E-state index contributed by atoms with van der Waals surface area (Å²) in [6.45, 7) is 4.10. The van der Waals surface area contributed by atoms with Crippen LogP contribution in [0.25, 0.3) is 0 Å². The molecule has 0 spiro atoms. The number of aromatic nitrogens is 2. The van der Waals surface area contributed by atoms with E-state index in [1.807, 2.05) is 10.7 Å². The molecule has 0 fully saturated rings. The fourth-order valence-corrected chi connectivity index (χ4v) is 1.15. The van der Waals surface area contributed by atoms with Crippen LogP contribution in [0.3, 0.4) is 0 Å². The molecule has 0 atom stereocenters. The third kappa shape index (κ3) is 1.67. The van der Waals surface area contributed by atoms with Gasteiger partial charge in [-0.05, 0) is 19.9 Å². The Morgan fingerprint density at radius 3 is 2.83 bits per heavy atom. The fourth-order valence-electron chi connectivity index (χ4n) is 1.00. The molecule has 0 bridgehead atoms. The predicted octanol–water partition coefficient (Wildman–Crippen LogP) is 2.08. The summed E-state index contributed by atoms with van der Waals surface area (Å²) >= 11 is 5.87. The average Bonchev–Trinajstić information content (AvgIpc) is 2.50. The second-order valence-corrected chi connectivity index (χ2v) is 3.13. The normalized spacial score (nSPS) is 12.6. The van der Waals surface area contributed by atoms with E-state index in [1.54, 1.807) is 13.2 Å². The molecule has 1 aromatic rings. The second-order valence-electron chi connectivity index (χ2n) is 2.77. The minimum Gasteiger partial charge on any atom is -0.275 e. The maximum absolute atomic E-state index is 5.87. The number of nitrogens with zero attached hydrogens (tertiary/aromatic N) is 3. The molecular weight excluding hydrogens is 174 g/mol. The molecule has 0 amide bonds. The Balaban J connectivity index is 3.07. The summed E-state index contributed by atoms with van der Waals surface area (Å²) in [6, 6.07) is 2.17. The number of hydrogen-bond acceptors (Lipinski definition) is 2. The van der Waals surface area contributed by atoms with Gasteiger partial charge in [0.15, 0.2) is 0 Å². The van der Waals surface area contributed by atoms with E-state index in [0.717, 1.165) is 5.69 Å². The second kappa shape index (κ2) is 3.72. The molecule has 0 aliphatic carbocycles. The molecule has 66 valence electrons. The zero-order valence-electron chi connectivity index (χ0n) is 7.45. The van der Waals surface area contributed by atoms with Crippen LogP contribution in [0.5, 0.6) is 0 Å². The minimum absolute atomic E-state index is 0.311. The molecular formula is C8H12ClN3. The largest absolute Gasteiger partial charge is 0.275 e. The van der Waals surface area contributed by atoms with Gasteiger partial charge in [0.05, 0.1) is 5.69 Å². The lowest BCUT2D eigenvalue weighted by atomic mass is 10.3. The first kappa shape index (κ1) is 9.26. The van der Waals surface area contributed by atoms with Crippen molar-refractivity contribution in [1.82, 2.24) is 9.78 Å². The monoisotopic (exact) mass is 185 g/mol. The highest BCUT2D eigenvalue weighted by Gasteiger charge is 2.08. The zero-order valence-corrected chi connectivity index (χ0v) is 8.21. The van der Waals surface area contributed by atoms with E-state index < -0.39 is 0 Å². The van der Waals surface area contributed by atoms with Gasteiger partial charge in [0.2, 0.25) is 0 Å². The van der Waals surface area contributed by atoms with Gasteiger partial charge in [0.1, 0.15) is 5.17 Å². The molecule has 4 heteroatoms. The van der Waals surface area contributed by atoms with Crippen molar-refractivity contribution in [3.63, 3.8) is 0 Å². The summed E-state index contributed by atoms with van der Waals surface area (Å²) in [5, 5.41) is 4.64. The van der Waals surface area contributed by atoms with Gasteiger partial charge in [0, 0.05) is 19.3 Å². The zero-order chi connectivity index (χ0) is 9.14. The third-order valence-corrected chi connectivity index (χ3v) is 1.93. The minimum atomic E-state index is 0.311. The highest BCUT2D eigenvalue weighted by molar-refractivity contribution is 6.69. The number of rotatable bonds is 2. The molecule has 0 aliphatic rings. The van der Waals surface area contributed by atoms with Crippen molar-refractivity contribution in [3.8, 4) is 0 Å². The van der Waals surface area contributed by atoms with Crippen molar-refractivity contribution >= 4 is 16.8 Å². The molecule has 0 aliphatic heterocycles. The van der Waals surface area contributed by atoms with Crippen LogP contribution in [0.4, 0.5) is 0 Å². The molecule has 0 radical (unpaired) electrons. The van der Waals surface area contributed by atoms with Crippen LogP contribution in [0.15, 0.2) is 17.3 Å². The molecule has 0 N–H and O–H groups in total.